The second-order valence-corrected chi connectivity index (χ2v) is 19.8. The Labute approximate surface area is 341 Å². The third-order valence-electron chi connectivity index (χ3n) is 9.50. The van der Waals surface area contributed by atoms with Crippen molar-refractivity contribution >= 4 is 46.2 Å². The first-order valence-corrected chi connectivity index (χ1v) is 21.9. The van der Waals surface area contributed by atoms with Crippen LogP contribution < -0.4 is 5.19 Å². The summed E-state index contributed by atoms with van der Waals surface area (Å²) in [5, 5.41) is 3.27. The topological polar surface area (TPSA) is 43.9 Å². The zero-order chi connectivity index (χ0) is 39.0. The fourth-order valence-electron chi connectivity index (χ4n) is 6.93. The normalized spacial score (nSPS) is 12.3. The van der Waals surface area contributed by atoms with Gasteiger partial charge in [-0.15, -0.1) is 54.1 Å². The van der Waals surface area contributed by atoms with Gasteiger partial charge in [-0.25, -0.2) is 0 Å². The molecular formula is C49H43IrN3OSi-2. The van der Waals surface area contributed by atoms with Crippen molar-refractivity contribution in [2.24, 2.45) is 5.92 Å². The minimum atomic E-state index is -1.67. The van der Waals surface area contributed by atoms with E-state index in [4.69, 9.17) is 12.1 Å². The smallest absolute Gasteiger partial charge is 0.120 e. The summed E-state index contributed by atoms with van der Waals surface area (Å²) in [5.74, 6) is 0.732. The molecule has 0 aliphatic heterocycles. The molecule has 275 valence electrons. The predicted octanol–water partition coefficient (Wildman–Crippen LogP) is 12.3. The van der Waals surface area contributed by atoms with Gasteiger partial charge >= 0.3 is 0 Å². The summed E-state index contributed by atoms with van der Waals surface area (Å²) in [5.41, 5.74) is 10.4. The molecule has 4 nitrogen and oxygen atoms in total. The largest absolute Gasteiger partial charge is 0.501 e. The van der Waals surface area contributed by atoms with Crippen molar-refractivity contribution in [3.05, 3.63) is 169 Å². The Bertz CT molecular complexity index is 2790. The van der Waals surface area contributed by atoms with Crippen LogP contribution in [0.4, 0.5) is 0 Å². The van der Waals surface area contributed by atoms with Crippen LogP contribution in [-0.4, -0.2) is 22.6 Å². The molecule has 0 saturated carbocycles. The van der Waals surface area contributed by atoms with Crippen LogP contribution in [0, 0.1) is 18.1 Å². The second kappa shape index (κ2) is 16.1. The number of para-hydroxylation sites is 3. The monoisotopic (exact) mass is 912 g/mol. The van der Waals surface area contributed by atoms with Gasteiger partial charge in [0.25, 0.3) is 0 Å². The number of hydrogen-bond donors (Lipinski definition) is 0. The Kier molecular flexibility index (Phi) is 10.4. The summed E-state index contributed by atoms with van der Waals surface area (Å²) < 4.78 is 25.6. The van der Waals surface area contributed by atoms with E-state index in [2.05, 4.69) is 108 Å². The molecule has 0 fully saturated rings. The first-order valence-electron chi connectivity index (χ1n) is 19.4. The molecule has 6 heteroatoms. The number of benzene rings is 6. The quantitative estimate of drug-likeness (QED) is 0.118. The Balaban J connectivity index is 0.000000189. The standard InChI is InChI=1S/C31H19N2O.C18H24NSi.Ir/c1-2-9-21(10-3-1)22-17-19-23(20-18-22)33-28-15-6-5-14-27(28)32-31(33)26-13-8-12-25-24-11-4-7-16-29(24)34-30(25)26;1-14(2)11-16-12-17(15-9-7-6-8-10-15)19-13-18(16)20(3,4)5;/h1-12,14-20H;6-9,12-14H,11H2,1-5H3;/q2*-1;/i;11D2;. The van der Waals surface area contributed by atoms with E-state index < -0.39 is 14.4 Å². The van der Waals surface area contributed by atoms with Crippen LogP contribution >= 0.6 is 0 Å². The molecule has 0 N–H and O–H groups in total. The first-order chi connectivity index (χ1) is 27.0. The van der Waals surface area contributed by atoms with Crippen LogP contribution in [0.15, 0.2) is 156 Å². The van der Waals surface area contributed by atoms with E-state index in [1.165, 1.54) is 11.1 Å². The molecule has 0 spiro atoms. The summed E-state index contributed by atoms with van der Waals surface area (Å²) in [6.45, 7) is 10.6. The third kappa shape index (κ3) is 7.90. The Morgan fingerprint density at radius 2 is 1.45 bits per heavy atom. The van der Waals surface area contributed by atoms with Gasteiger partial charge < -0.3 is 14.0 Å². The summed E-state index contributed by atoms with van der Waals surface area (Å²) in [6, 6.07) is 55.7. The molecule has 6 aromatic carbocycles. The summed E-state index contributed by atoms with van der Waals surface area (Å²) in [4.78, 5) is 9.62. The van der Waals surface area contributed by atoms with E-state index in [0.29, 0.717) is 0 Å². The number of imidazole rings is 1. The molecule has 3 aromatic heterocycles. The van der Waals surface area contributed by atoms with E-state index in [0.717, 1.165) is 72.1 Å². The van der Waals surface area contributed by atoms with Crippen LogP contribution in [0.5, 0.6) is 0 Å². The number of rotatable bonds is 7. The number of fused-ring (bicyclic) bond motifs is 4. The van der Waals surface area contributed by atoms with Crippen molar-refractivity contribution in [2.45, 2.75) is 39.9 Å². The van der Waals surface area contributed by atoms with Crippen molar-refractivity contribution in [1.29, 1.82) is 0 Å². The van der Waals surface area contributed by atoms with E-state index in [9.17, 15) is 0 Å². The molecular weight excluding hydrogens is 867 g/mol. The van der Waals surface area contributed by atoms with Gasteiger partial charge in [0.15, 0.2) is 0 Å². The summed E-state index contributed by atoms with van der Waals surface area (Å²) in [6.07, 6.45) is 0.528. The number of nitrogens with zero attached hydrogens (tertiary/aromatic N) is 3. The number of aromatic nitrogens is 3. The van der Waals surface area contributed by atoms with E-state index in [1.807, 2.05) is 98.9 Å². The third-order valence-corrected chi connectivity index (χ3v) is 11.5. The average molecular weight is 912 g/mol. The number of hydrogen-bond acceptors (Lipinski definition) is 3. The van der Waals surface area contributed by atoms with Crippen LogP contribution in [-0.2, 0) is 26.5 Å². The molecule has 0 aliphatic carbocycles. The van der Waals surface area contributed by atoms with E-state index >= 15 is 0 Å². The molecule has 1 radical (unpaired) electrons. The van der Waals surface area contributed by atoms with Gasteiger partial charge in [0, 0.05) is 40.1 Å². The zero-order valence-corrected chi connectivity index (χ0v) is 35.0. The molecule has 0 bridgehead atoms. The van der Waals surface area contributed by atoms with Crippen molar-refractivity contribution < 1.29 is 27.3 Å². The van der Waals surface area contributed by atoms with Crippen molar-refractivity contribution in [1.82, 2.24) is 14.5 Å². The second-order valence-electron chi connectivity index (χ2n) is 14.8. The minimum Gasteiger partial charge on any atom is -0.501 e. The molecule has 0 atom stereocenters. The molecule has 0 aliphatic rings. The maximum absolute atomic E-state index is 8.55. The van der Waals surface area contributed by atoms with E-state index in [1.54, 1.807) is 0 Å². The Morgan fingerprint density at radius 1 is 0.745 bits per heavy atom. The van der Waals surface area contributed by atoms with Gasteiger partial charge in [-0.1, -0.05) is 129 Å². The Hall–Kier alpha value is -5.39. The summed E-state index contributed by atoms with van der Waals surface area (Å²) in [7, 11) is -1.67. The van der Waals surface area contributed by atoms with Crippen molar-refractivity contribution in [3.63, 3.8) is 0 Å². The van der Waals surface area contributed by atoms with Gasteiger partial charge in [0.2, 0.25) is 0 Å². The number of furan rings is 1. The van der Waals surface area contributed by atoms with Gasteiger partial charge in [0.1, 0.15) is 5.58 Å². The maximum atomic E-state index is 8.55. The van der Waals surface area contributed by atoms with Crippen LogP contribution in [0.2, 0.25) is 19.6 Å². The molecule has 0 saturated heterocycles. The van der Waals surface area contributed by atoms with Crippen LogP contribution in [0.1, 0.15) is 22.2 Å². The van der Waals surface area contributed by atoms with Crippen molar-refractivity contribution in [2.75, 3.05) is 0 Å². The molecule has 0 amide bonds. The SMILES string of the molecule is [2H]C([2H])(c1cc(-c2[c-]cccc2)ncc1[Si](C)(C)C)C(C)C.[Ir].[c-]1ccc2c(oc3ccccc32)c1-c1nc2ccccc2n1-c1ccc(-c2ccccc2)cc1. The average Bonchev–Trinajstić information content (AvgIpc) is 3.80. The van der Waals surface area contributed by atoms with Gasteiger partial charge in [-0.05, 0) is 64.6 Å². The fourth-order valence-corrected chi connectivity index (χ4v) is 8.33. The molecule has 9 aromatic rings. The van der Waals surface area contributed by atoms with Crippen LogP contribution in [0.3, 0.4) is 0 Å². The minimum absolute atomic E-state index is 0. The van der Waals surface area contributed by atoms with Gasteiger partial charge in [-0.2, -0.15) is 0 Å². The molecule has 0 unspecified atom stereocenters. The zero-order valence-electron chi connectivity index (χ0n) is 33.6. The van der Waals surface area contributed by atoms with Crippen molar-refractivity contribution in [3.8, 4) is 39.5 Å². The molecule has 9 rings (SSSR count). The van der Waals surface area contributed by atoms with Crippen LogP contribution in [0.25, 0.3) is 72.4 Å². The maximum Gasteiger partial charge on any atom is 0.120 e. The van der Waals surface area contributed by atoms with Gasteiger partial charge in [-0.3, -0.25) is 4.98 Å². The van der Waals surface area contributed by atoms with Gasteiger partial charge in [0.05, 0.1) is 30.5 Å². The fraction of sp³-hybridized carbons (Fsp3) is 0.143. The summed E-state index contributed by atoms with van der Waals surface area (Å²) >= 11 is 0. The first kappa shape index (κ1) is 35.3. The molecule has 55 heavy (non-hydrogen) atoms. The Morgan fingerprint density at radius 3 is 2.20 bits per heavy atom. The molecule has 3 heterocycles. The van der Waals surface area contributed by atoms with E-state index in [-0.39, 0.29) is 26.0 Å². The predicted molar refractivity (Wildman–Crippen MR) is 228 cm³/mol. The number of pyridine rings is 1.